The van der Waals surface area contributed by atoms with Crippen molar-refractivity contribution >= 4 is 17.5 Å². The summed E-state index contributed by atoms with van der Waals surface area (Å²) in [4.78, 5) is 27.5. The molecule has 166 valence electrons. The van der Waals surface area contributed by atoms with E-state index in [1.807, 2.05) is 43.3 Å². The van der Waals surface area contributed by atoms with Crippen LogP contribution in [0.25, 0.3) is 0 Å². The highest BCUT2D eigenvalue weighted by atomic mass is 16.2. The number of benzene rings is 2. The van der Waals surface area contributed by atoms with Crippen LogP contribution in [-0.4, -0.2) is 48.4 Å². The van der Waals surface area contributed by atoms with Gasteiger partial charge in [-0.05, 0) is 37.5 Å². The maximum atomic E-state index is 12.7. The van der Waals surface area contributed by atoms with Gasteiger partial charge in [0.05, 0.1) is 17.8 Å². The van der Waals surface area contributed by atoms with Gasteiger partial charge in [-0.25, -0.2) is 0 Å². The second kappa shape index (κ2) is 11.1. The maximum Gasteiger partial charge on any atom is 0.253 e. The van der Waals surface area contributed by atoms with Crippen molar-refractivity contribution in [1.82, 2.24) is 15.5 Å². The van der Waals surface area contributed by atoms with Gasteiger partial charge in [0.15, 0.2) is 0 Å². The Morgan fingerprint density at radius 2 is 1.71 bits per heavy atom. The predicted molar refractivity (Wildman–Crippen MR) is 125 cm³/mol. The van der Waals surface area contributed by atoms with Crippen molar-refractivity contribution in [3.8, 4) is 0 Å². The number of anilines is 1. The molecule has 3 N–H and O–H groups in total. The third-order valence-corrected chi connectivity index (χ3v) is 5.54. The number of carbonyl (C=O) groups excluding carboxylic acids is 2. The van der Waals surface area contributed by atoms with Crippen molar-refractivity contribution in [3.05, 3.63) is 65.2 Å². The third-order valence-electron chi connectivity index (χ3n) is 5.54. The van der Waals surface area contributed by atoms with Gasteiger partial charge in [0.1, 0.15) is 0 Å². The highest BCUT2D eigenvalue weighted by Crippen LogP contribution is 2.16. The van der Waals surface area contributed by atoms with E-state index in [0.29, 0.717) is 36.4 Å². The molecule has 6 nitrogen and oxygen atoms in total. The minimum atomic E-state index is -0.197. The Balaban J connectivity index is 1.52. The quantitative estimate of drug-likeness (QED) is 0.610. The molecule has 0 saturated carbocycles. The summed E-state index contributed by atoms with van der Waals surface area (Å²) < 4.78 is 0. The molecule has 31 heavy (non-hydrogen) atoms. The lowest BCUT2D eigenvalue weighted by Crippen LogP contribution is -2.46. The van der Waals surface area contributed by atoms with E-state index in [1.54, 1.807) is 12.1 Å². The molecule has 0 unspecified atom stereocenters. The third kappa shape index (κ3) is 7.19. The van der Waals surface area contributed by atoms with Crippen LogP contribution in [0.3, 0.4) is 0 Å². The van der Waals surface area contributed by atoms with Crippen LogP contribution in [0.15, 0.2) is 48.5 Å². The van der Waals surface area contributed by atoms with Crippen LogP contribution in [0.5, 0.6) is 0 Å². The van der Waals surface area contributed by atoms with Crippen molar-refractivity contribution in [1.29, 1.82) is 0 Å². The Bertz CT molecular complexity index is 871. The van der Waals surface area contributed by atoms with E-state index in [0.717, 1.165) is 31.5 Å². The van der Waals surface area contributed by atoms with Gasteiger partial charge < -0.3 is 16.0 Å². The monoisotopic (exact) mass is 422 g/mol. The lowest BCUT2D eigenvalue weighted by Gasteiger charge is -2.33. The lowest BCUT2D eigenvalue weighted by molar-refractivity contribution is -0.117. The molecule has 0 aromatic heterocycles. The molecule has 2 amide bonds. The van der Waals surface area contributed by atoms with Gasteiger partial charge in [0.25, 0.3) is 5.91 Å². The van der Waals surface area contributed by atoms with Gasteiger partial charge in [0, 0.05) is 31.7 Å². The molecule has 0 aliphatic carbocycles. The van der Waals surface area contributed by atoms with E-state index in [4.69, 9.17) is 0 Å². The fraction of sp³-hybridized carbons (Fsp3) is 0.440. The number of likely N-dealkylation sites (tertiary alicyclic amines) is 1. The second-order valence-corrected chi connectivity index (χ2v) is 8.63. The topological polar surface area (TPSA) is 73.5 Å². The summed E-state index contributed by atoms with van der Waals surface area (Å²) >= 11 is 0. The van der Waals surface area contributed by atoms with Crippen molar-refractivity contribution in [3.63, 3.8) is 0 Å². The van der Waals surface area contributed by atoms with Crippen LogP contribution >= 0.6 is 0 Å². The first-order valence-electron chi connectivity index (χ1n) is 11.1. The zero-order valence-corrected chi connectivity index (χ0v) is 18.8. The van der Waals surface area contributed by atoms with Gasteiger partial charge in [-0.2, -0.15) is 0 Å². The Kier molecular flexibility index (Phi) is 8.20. The minimum absolute atomic E-state index is 0.0888. The van der Waals surface area contributed by atoms with E-state index >= 15 is 0 Å². The molecule has 1 heterocycles. The zero-order valence-electron chi connectivity index (χ0n) is 18.8. The molecule has 0 radical (unpaired) electrons. The number of piperidine rings is 1. The van der Waals surface area contributed by atoms with E-state index in [-0.39, 0.29) is 11.8 Å². The SMILES string of the molecule is Cc1ccc(CNC(=O)c2ccccc2NC(=O)CN2CCC(NC(C)C)CC2)cc1. The average Bonchev–Trinajstić information content (AvgIpc) is 2.74. The van der Waals surface area contributed by atoms with Gasteiger partial charge in [0.2, 0.25) is 5.91 Å². The van der Waals surface area contributed by atoms with Crippen LogP contribution in [0.2, 0.25) is 0 Å². The summed E-state index contributed by atoms with van der Waals surface area (Å²) in [6.07, 6.45) is 2.09. The summed E-state index contributed by atoms with van der Waals surface area (Å²) in [5.74, 6) is -0.286. The number of para-hydroxylation sites is 1. The van der Waals surface area contributed by atoms with E-state index in [1.165, 1.54) is 5.56 Å². The van der Waals surface area contributed by atoms with Gasteiger partial charge in [-0.3, -0.25) is 14.5 Å². The van der Waals surface area contributed by atoms with E-state index in [9.17, 15) is 9.59 Å². The lowest BCUT2D eigenvalue weighted by atomic mass is 10.0. The molecule has 6 heteroatoms. The first-order chi connectivity index (χ1) is 14.9. The number of aryl methyl sites for hydroxylation is 1. The molecule has 2 aromatic carbocycles. The highest BCUT2D eigenvalue weighted by Gasteiger charge is 2.21. The molecule has 0 bridgehead atoms. The molecular formula is C25H34N4O2. The van der Waals surface area contributed by atoms with E-state index < -0.39 is 0 Å². The van der Waals surface area contributed by atoms with Crippen LogP contribution < -0.4 is 16.0 Å². The standard InChI is InChI=1S/C25H34N4O2/c1-18(2)27-21-12-14-29(15-13-21)17-24(30)28-23-7-5-4-6-22(23)25(31)26-16-20-10-8-19(3)9-11-20/h4-11,18,21,27H,12-17H2,1-3H3,(H,26,31)(H,28,30). The van der Waals surface area contributed by atoms with Crippen molar-refractivity contribution in [2.24, 2.45) is 0 Å². The van der Waals surface area contributed by atoms with Crippen molar-refractivity contribution in [2.75, 3.05) is 25.0 Å². The molecule has 1 fully saturated rings. The van der Waals surface area contributed by atoms with E-state index in [2.05, 4.69) is 34.7 Å². The van der Waals surface area contributed by atoms with Crippen LogP contribution in [0.4, 0.5) is 5.69 Å². The molecule has 1 aliphatic rings. The molecular weight excluding hydrogens is 388 g/mol. The smallest absolute Gasteiger partial charge is 0.253 e. The molecule has 1 aliphatic heterocycles. The fourth-order valence-electron chi connectivity index (χ4n) is 3.90. The Morgan fingerprint density at radius 3 is 2.39 bits per heavy atom. The molecule has 3 rings (SSSR count). The summed E-state index contributed by atoms with van der Waals surface area (Å²) in [6, 6.07) is 16.2. The second-order valence-electron chi connectivity index (χ2n) is 8.63. The molecule has 2 aromatic rings. The number of amides is 2. The van der Waals surface area contributed by atoms with Crippen LogP contribution in [-0.2, 0) is 11.3 Å². The average molecular weight is 423 g/mol. The predicted octanol–water partition coefficient (Wildman–Crippen LogP) is 3.33. The maximum absolute atomic E-state index is 12.7. The molecule has 0 spiro atoms. The summed E-state index contributed by atoms with van der Waals surface area (Å²) in [5.41, 5.74) is 3.24. The number of rotatable bonds is 8. The van der Waals surface area contributed by atoms with Gasteiger partial charge in [-0.15, -0.1) is 0 Å². The minimum Gasteiger partial charge on any atom is -0.348 e. The number of hydrogen-bond donors (Lipinski definition) is 3. The first-order valence-corrected chi connectivity index (χ1v) is 11.1. The van der Waals surface area contributed by atoms with Crippen molar-refractivity contribution in [2.45, 2.75) is 52.2 Å². The first kappa shape index (κ1) is 23.0. The number of nitrogens with one attached hydrogen (secondary N) is 3. The van der Waals surface area contributed by atoms with Gasteiger partial charge >= 0.3 is 0 Å². The fourth-order valence-corrected chi connectivity index (χ4v) is 3.90. The van der Waals surface area contributed by atoms with Crippen LogP contribution in [0.1, 0.15) is 48.2 Å². The molecule has 0 atom stereocenters. The highest BCUT2D eigenvalue weighted by molar-refractivity contribution is 6.04. The number of carbonyl (C=O) groups is 2. The Hall–Kier alpha value is -2.70. The Labute approximate surface area is 185 Å². The zero-order chi connectivity index (χ0) is 22.2. The Morgan fingerprint density at radius 1 is 1.03 bits per heavy atom. The summed E-state index contributed by atoms with van der Waals surface area (Å²) in [7, 11) is 0. The number of nitrogens with zero attached hydrogens (tertiary/aromatic N) is 1. The normalized spacial score (nSPS) is 15.1. The number of hydrogen-bond acceptors (Lipinski definition) is 4. The summed E-state index contributed by atoms with van der Waals surface area (Å²) in [5, 5.41) is 9.44. The van der Waals surface area contributed by atoms with Gasteiger partial charge in [-0.1, -0.05) is 55.8 Å². The molecule has 1 saturated heterocycles. The largest absolute Gasteiger partial charge is 0.348 e. The summed E-state index contributed by atoms with van der Waals surface area (Å²) in [6.45, 7) is 8.94. The van der Waals surface area contributed by atoms with Crippen molar-refractivity contribution < 1.29 is 9.59 Å². The van der Waals surface area contributed by atoms with Crippen LogP contribution in [0, 0.1) is 6.92 Å².